The Hall–Kier alpha value is -3.41. The molecule has 0 aliphatic rings. The number of unbranched alkanes of at least 4 members (excludes halogenated alkanes) is 1. The smallest absolute Gasteiger partial charge is 0.323 e. The van der Waals surface area contributed by atoms with Crippen LogP contribution in [0.5, 0.6) is 0 Å². The van der Waals surface area contributed by atoms with E-state index in [4.69, 9.17) is 11.6 Å². The summed E-state index contributed by atoms with van der Waals surface area (Å²) >= 11 is 5.93. The number of H-pyrrole nitrogens is 1. The highest BCUT2D eigenvalue weighted by atomic mass is 35.5. The average Bonchev–Trinajstić information content (AvgIpc) is 3.39. The Morgan fingerprint density at radius 2 is 1.88 bits per heavy atom. The van der Waals surface area contributed by atoms with Gasteiger partial charge in [-0.05, 0) is 53.4 Å². The van der Waals surface area contributed by atoms with Crippen LogP contribution < -0.4 is 11.2 Å². The van der Waals surface area contributed by atoms with Crippen molar-refractivity contribution in [2.75, 3.05) is 0 Å². The number of halogens is 3. The molecule has 0 amide bonds. The SMILES string of the molecule is CCCCn1c(=O)n(CCCn2nnc(Cc3cc(F)ccc3F)n2)c(=O)c2[nH]c(Cl)nc21. The van der Waals surface area contributed by atoms with E-state index < -0.39 is 22.9 Å². The molecule has 0 fully saturated rings. The second-order valence-electron chi connectivity index (χ2n) is 7.54. The fraction of sp³-hybridized carbons (Fsp3) is 0.400. The van der Waals surface area contributed by atoms with Crippen LogP contribution in [0.2, 0.25) is 5.28 Å². The van der Waals surface area contributed by atoms with Crippen molar-refractivity contribution in [3.05, 3.63) is 67.3 Å². The number of benzene rings is 1. The lowest BCUT2D eigenvalue weighted by atomic mass is 10.1. The highest BCUT2D eigenvalue weighted by Gasteiger charge is 2.17. The van der Waals surface area contributed by atoms with Crippen LogP contribution in [0.3, 0.4) is 0 Å². The normalized spacial score (nSPS) is 11.5. The van der Waals surface area contributed by atoms with Crippen molar-refractivity contribution in [2.45, 2.75) is 52.2 Å². The van der Waals surface area contributed by atoms with Gasteiger partial charge >= 0.3 is 5.69 Å². The summed E-state index contributed by atoms with van der Waals surface area (Å²) in [5.41, 5.74) is -0.421. The first-order valence-corrected chi connectivity index (χ1v) is 10.8. The molecule has 0 saturated carbocycles. The summed E-state index contributed by atoms with van der Waals surface area (Å²) in [6.45, 7) is 2.79. The third-order valence-electron chi connectivity index (χ3n) is 5.16. The number of aromatic nitrogens is 8. The zero-order valence-corrected chi connectivity index (χ0v) is 18.5. The Labute approximate surface area is 190 Å². The molecule has 0 bridgehead atoms. The average molecular weight is 479 g/mol. The molecular formula is C20H21ClF2N8O2. The van der Waals surface area contributed by atoms with Crippen LogP contribution in [-0.2, 0) is 26.1 Å². The van der Waals surface area contributed by atoms with E-state index in [9.17, 15) is 18.4 Å². The maximum Gasteiger partial charge on any atom is 0.332 e. The monoisotopic (exact) mass is 478 g/mol. The van der Waals surface area contributed by atoms with Gasteiger partial charge in [-0.3, -0.25) is 13.9 Å². The Morgan fingerprint density at radius 1 is 1.09 bits per heavy atom. The third-order valence-corrected chi connectivity index (χ3v) is 5.34. The Balaban J connectivity index is 1.49. The number of nitrogens with one attached hydrogen (secondary N) is 1. The fourth-order valence-electron chi connectivity index (χ4n) is 3.51. The number of nitrogens with zero attached hydrogens (tertiary/aromatic N) is 7. The van der Waals surface area contributed by atoms with Gasteiger partial charge in [0.15, 0.2) is 17.0 Å². The Bertz CT molecular complexity index is 1410. The second-order valence-corrected chi connectivity index (χ2v) is 7.90. The van der Waals surface area contributed by atoms with Gasteiger partial charge in [0.1, 0.15) is 11.6 Å². The molecule has 0 aliphatic heterocycles. The molecule has 3 heterocycles. The maximum atomic E-state index is 13.8. The van der Waals surface area contributed by atoms with Crippen molar-refractivity contribution in [2.24, 2.45) is 0 Å². The topological polar surface area (TPSA) is 116 Å². The number of hydrogen-bond acceptors (Lipinski definition) is 6. The summed E-state index contributed by atoms with van der Waals surface area (Å²) in [5.74, 6) is -0.878. The maximum absolute atomic E-state index is 13.8. The molecule has 1 aromatic carbocycles. The van der Waals surface area contributed by atoms with Crippen molar-refractivity contribution < 1.29 is 8.78 Å². The van der Waals surface area contributed by atoms with Gasteiger partial charge in [0, 0.05) is 19.5 Å². The minimum absolute atomic E-state index is 0.0115. The van der Waals surface area contributed by atoms with E-state index in [0.29, 0.717) is 13.0 Å². The summed E-state index contributed by atoms with van der Waals surface area (Å²) in [7, 11) is 0. The van der Waals surface area contributed by atoms with Crippen molar-refractivity contribution >= 4 is 22.8 Å². The summed E-state index contributed by atoms with van der Waals surface area (Å²) in [5, 5.41) is 12.0. The van der Waals surface area contributed by atoms with Gasteiger partial charge in [0.2, 0.25) is 5.28 Å². The standard InChI is InChI=1S/C20H21ClF2N8O2/c1-2-3-7-29-17-16(24-19(21)25-17)18(32)30(20(29)33)8-4-9-31-27-15(26-28-31)11-12-10-13(22)5-6-14(12)23/h5-6,10H,2-4,7-9,11H2,1H3,(H,24,25). The molecule has 10 nitrogen and oxygen atoms in total. The number of imidazole rings is 1. The summed E-state index contributed by atoms with van der Waals surface area (Å²) in [6, 6.07) is 3.17. The van der Waals surface area contributed by atoms with Crippen LogP contribution in [0.25, 0.3) is 11.2 Å². The number of aryl methyl sites for hydroxylation is 2. The lowest BCUT2D eigenvalue weighted by Gasteiger charge is -2.10. The molecule has 0 radical (unpaired) electrons. The van der Waals surface area contributed by atoms with Gasteiger partial charge in [0.05, 0.1) is 6.54 Å². The molecule has 1 N–H and O–H groups in total. The molecule has 4 rings (SSSR count). The lowest BCUT2D eigenvalue weighted by Crippen LogP contribution is -2.40. The van der Waals surface area contributed by atoms with E-state index in [2.05, 4.69) is 25.4 Å². The van der Waals surface area contributed by atoms with Crippen LogP contribution in [0.1, 0.15) is 37.6 Å². The minimum atomic E-state index is -0.555. The van der Waals surface area contributed by atoms with Crippen LogP contribution in [0.15, 0.2) is 27.8 Å². The molecule has 0 saturated heterocycles. The van der Waals surface area contributed by atoms with Crippen LogP contribution in [0, 0.1) is 11.6 Å². The van der Waals surface area contributed by atoms with Crippen LogP contribution in [0.4, 0.5) is 8.78 Å². The number of hydrogen-bond donors (Lipinski definition) is 1. The van der Waals surface area contributed by atoms with Crippen molar-refractivity contribution in [3.8, 4) is 0 Å². The molecule has 13 heteroatoms. The van der Waals surface area contributed by atoms with Gasteiger partial charge in [-0.25, -0.2) is 13.6 Å². The predicted molar refractivity (Wildman–Crippen MR) is 116 cm³/mol. The Morgan fingerprint density at radius 3 is 2.67 bits per heavy atom. The highest BCUT2D eigenvalue weighted by Crippen LogP contribution is 2.13. The zero-order valence-electron chi connectivity index (χ0n) is 17.8. The second kappa shape index (κ2) is 9.61. The van der Waals surface area contributed by atoms with Gasteiger partial charge in [0.25, 0.3) is 5.56 Å². The largest absolute Gasteiger partial charge is 0.332 e. The van der Waals surface area contributed by atoms with E-state index in [-0.39, 0.29) is 47.3 Å². The predicted octanol–water partition coefficient (Wildman–Crippen LogP) is 2.29. The quantitative estimate of drug-likeness (QED) is 0.369. The lowest BCUT2D eigenvalue weighted by molar-refractivity contribution is 0.451. The van der Waals surface area contributed by atoms with Gasteiger partial charge in [-0.2, -0.15) is 9.78 Å². The highest BCUT2D eigenvalue weighted by molar-refractivity contribution is 6.28. The number of tetrazole rings is 1. The molecule has 0 atom stereocenters. The third kappa shape index (κ3) is 4.85. The minimum Gasteiger partial charge on any atom is -0.323 e. The molecule has 3 aromatic heterocycles. The van der Waals surface area contributed by atoms with Gasteiger partial charge < -0.3 is 4.98 Å². The first-order chi connectivity index (χ1) is 15.9. The number of rotatable bonds is 9. The molecule has 4 aromatic rings. The van der Waals surface area contributed by atoms with Crippen LogP contribution in [-0.4, -0.2) is 39.3 Å². The van der Waals surface area contributed by atoms with E-state index in [1.54, 1.807) is 0 Å². The summed E-state index contributed by atoms with van der Waals surface area (Å²) < 4.78 is 29.7. The molecule has 0 aliphatic carbocycles. The number of fused-ring (bicyclic) bond motifs is 1. The fourth-order valence-corrected chi connectivity index (χ4v) is 3.69. The molecular weight excluding hydrogens is 458 g/mol. The summed E-state index contributed by atoms with van der Waals surface area (Å²) in [4.78, 5) is 33.8. The molecule has 174 valence electrons. The molecule has 0 unspecified atom stereocenters. The first kappa shape index (κ1) is 22.8. The Kier molecular flexibility index (Phi) is 6.63. The van der Waals surface area contributed by atoms with Gasteiger partial charge in [-0.1, -0.05) is 13.3 Å². The van der Waals surface area contributed by atoms with Crippen LogP contribution >= 0.6 is 11.6 Å². The van der Waals surface area contributed by atoms with Gasteiger partial charge in [-0.15, -0.1) is 10.2 Å². The van der Waals surface area contributed by atoms with E-state index in [0.717, 1.165) is 35.6 Å². The molecule has 0 spiro atoms. The van der Waals surface area contributed by atoms with E-state index >= 15 is 0 Å². The summed E-state index contributed by atoms with van der Waals surface area (Å²) in [6.07, 6.45) is 1.96. The van der Waals surface area contributed by atoms with E-state index in [1.807, 2.05) is 6.92 Å². The number of aromatic amines is 1. The first-order valence-electron chi connectivity index (χ1n) is 10.5. The zero-order chi connectivity index (χ0) is 23.5. The van der Waals surface area contributed by atoms with Crippen molar-refractivity contribution in [1.82, 2.24) is 39.3 Å². The van der Waals surface area contributed by atoms with Crippen molar-refractivity contribution in [1.29, 1.82) is 0 Å². The van der Waals surface area contributed by atoms with E-state index in [1.165, 1.54) is 9.36 Å². The molecule has 33 heavy (non-hydrogen) atoms. The van der Waals surface area contributed by atoms with Crippen molar-refractivity contribution in [3.63, 3.8) is 0 Å².